The monoisotopic (exact) mass is 212 g/mol. The number of aromatic nitrogens is 3. The first-order valence-electron chi connectivity index (χ1n) is 5.00. The number of hydrogen-bond donors (Lipinski definition) is 2. The number of thioether (sulfide) groups is 1. The van der Waals surface area contributed by atoms with Gasteiger partial charge >= 0.3 is 0 Å². The van der Waals surface area contributed by atoms with Crippen molar-refractivity contribution in [3.05, 3.63) is 12.2 Å². The molecule has 14 heavy (non-hydrogen) atoms. The highest BCUT2D eigenvalue weighted by molar-refractivity contribution is 8.00. The molecule has 1 aliphatic rings. The van der Waals surface area contributed by atoms with Gasteiger partial charge in [0.05, 0.1) is 6.04 Å². The summed E-state index contributed by atoms with van der Waals surface area (Å²) in [6.07, 6.45) is 2.81. The molecule has 1 fully saturated rings. The van der Waals surface area contributed by atoms with Crippen LogP contribution in [0.5, 0.6) is 0 Å². The van der Waals surface area contributed by atoms with E-state index in [4.69, 9.17) is 0 Å². The minimum Gasteiger partial charge on any atom is -0.304 e. The van der Waals surface area contributed by atoms with Crippen molar-refractivity contribution in [1.29, 1.82) is 0 Å². The van der Waals surface area contributed by atoms with E-state index in [1.165, 1.54) is 12.2 Å². The Hall–Kier alpha value is -0.550. The van der Waals surface area contributed by atoms with Crippen LogP contribution in [0.15, 0.2) is 6.33 Å². The van der Waals surface area contributed by atoms with Crippen LogP contribution in [0.25, 0.3) is 0 Å². The van der Waals surface area contributed by atoms with E-state index in [0.29, 0.717) is 11.3 Å². The predicted molar refractivity (Wildman–Crippen MR) is 58.3 cm³/mol. The molecule has 1 aliphatic heterocycles. The first-order chi connectivity index (χ1) is 6.77. The first kappa shape index (κ1) is 9.98. The quantitative estimate of drug-likeness (QED) is 0.794. The van der Waals surface area contributed by atoms with Gasteiger partial charge in [-0.1, -0.05) is 6.92 Å². The van der Waals surface area contributed by atoms with Gasteiger partial charge in [-0.2, -0.15) is 16.9 Å². The Morgan fingerprint density at radius 3 is 3.14 bits per heavy atom. The number of H-pyrrole nitrogens is 1. The molecular formula is C9H16N4S. The van der Waals surface area contributed by atoms with Crippen molar-refractivity contribution in [2.45, 2.75) is 37.6 Å². The van der Waals surface area contributed by atoms with Gasteiger partial charge in [0.25, 0.3) is 0 Å². The van der Waals surface area contributed by atoms with Gasteiger partial charge in [0, 0.05) is 11.3 Å². The molecule has 1 aromatic heterocycles. The van der Waals surface area contributed by atoms with E-state index < -0.39 is 0 Å². The summed E-state index contributed by atoms with van der Waals surface area (Å²) in [4.78, 5) is 4.15. The molecule has 3 unspecified atom stereocenters. The molecule has 1 saturated heterocycles. The van der Waals surface area contributed by atoms with E-state index in [1.807, 2.05) is 11.8 Å². The van der Waals surface area contributed by atoms with Gasteiger partial charge in [0.2, 0.25) is 0 Å². The first-order valence-corrected chi connectivity index (χ1v) is 6.05. The zero-order chi connectivity index (χ0) is 9.97. The molecule has 0 saturated carbocycles. The second-order valence-corrected chi connectivity index (χ2v) is 5.22. The van der Waals surface area contributed by atoms with Gasteiger partial charge in [-0.15, -0.1) is 0 Å². The number of hydrogen-bond acceptors (Lipinski definition) is 4. The molecule has 0 aromatic carbocycles. The Morgan fingerprint density at radius 2 is 2.57 bits per heavy atom. The van der Waals surface area contributed by atoms with Crippen LogP contribution < -0.4 is 5.32 Å². The van der Waals surface area contributed by atoms with E-state index in [2.05, 4.69) is 34.3 Å². The van der Waals surface area contributed by atoms with Gasteiger partial charge in [-0.3, -0.25) is 5.10 Å². The maximum Gasteiger partial charge on any atom is 0.141 e. The van der Waals surface area contributed by atoms with Gasteiger partial charge in [-0.05, 0) is 19.1 Å². The molecule has 3 atom stereocenters. The zero-order valence-corrected chi connectivity index (χ0v) is 9.34. The Bertz CT molecular complexity index is 274. The minimum absolute atomic E-state index is 0.267. The topological polar surface area (TPSA) is 53.6 Å². The van der Waals surface area contributed by atoms with Crippen molar-refractivity contribution in [3.8, 4) is 0 Å². The van der Waals surface area contributed by atoms with E-state index in [0.717, 1.165) is 5.82 Å². The van der Waals surface area contributed by atoms with Crippen LogP contribution in [0.2, 0.25) is 0 Å². The lowest BCUT2D eigenvalue weighted by Gasteiger charge is -2.20. The Balaban J connectivity index is 1.91. The highest BCUT2D eigenvalue weighted by Crippen LogP contribution is 2.27. The van der Waals surface area contributed by atoms with Crippen LogP contribution in [0.4, 0.5) is 0 Å². The molecule has 0 radical (unpaired) electrons. The Labute approximate surface area is 88.3 Å². The predicted octanol–water partition coefficient (Wildman–Crippen LogP) is 1.35. The molecule has 5 heteroatoms. The number of nitrogens with one attached hydrogen (secondary N) is 2. The maximum absolute atomic E-state index is 4.15. The second-order valence-electron chi connectivity index (χ2n) is 3.73. The molecule has 78 valence electrons. The largest absolute Gasteiger partial charge is 0.304 e. The normalized spacial score (nSPS) is 29.3. The fourth-order valence-corrected chi connectivity index (χ4v) is 2.98. The lowest BCUT2D eigenvalue weighted by Crippen LogP contribution is -2.35. The van der Waals surface area contributed by atoms with Crippen molar-refractivity contribution in [1.82, 2.24) is 20.5 Å². The standard InChI is InChI=1S/C9H16N4S/c1-6(9-10-5-11-13-9)12-8-3-4-14-7(8)2/h5-8,12H,3-4H2,1-2H3,(H,10,11,13). The molecule has 2 N–H and O–H groups in total. The van der Waals surface area contributed by atoms with Crippen LogP contribution in [0.1, 0.15) is 32.1 Å². The van der Waals surface area contributed by atoms with E-state index in [1.54, 1.807) is 6.33 Å². The van der Waals surface area contributed by atoms with Crippen LogP contribution in [0, 0.1) is 0 Å². The zero-order valence-electron chi connectivity index (χ0n) is 8.53. The average Bonchev–Trinajstić information content (AvgIpc) is 2.77. The van der Waals surface area contributed by atoms with E-state index >= 15 is 0 Å². The SMILES string of the molecule is CC(NC1CCSC1C)c1ncn[nH]1. The maximum atomic E-state index is 4.15. The molecule has 1 aromatic rings. The summed E-state index contributed by atoms with van der Waals surface area (Å²) in [5, 5.41) is 11.0. The third-order valence-electron chi connectivity index (χ3n) is 2.68. The summed E-state index contributed by atoms with van der Waals surface area (Å²) >= 11 is 2.04. The lowest BCUT2D eigenvalue weighted by molar-refractivity contribution is 0.441. The summed E-state index contributed by atoms with van der Waals surface area (Å²) in [5.74, 6) is 2.19. The molecule has 0 aliphatic carbocycles. The van der Waals surface area contributed by atoms with Crippen LogP contribution in [-0.4, -0.2) is 32.2 Å². The number of nitrogens with zero attached hydrogens (tertiary/aromatic N) is 2. The highest BCUT2D eigenvalue weighted by atomic mass is 32.2. The smallest absolute Gasteiger partial charge is 0.141 e. The molecule has 0 spiro atoms. The minimum atomic E-state index is 0.267. The summed E-state index contributed by atoms with van der Waals surface area (Å²) < 4.78 is 0. The average molecular weight is 212 g/mol. The number of rotatable bonds is 3. The number of aromatic amines is 1. The summed E-state index contributed by atoms with van der Waals surface area (Å²) in [5.41, 5.74) is 0. The van der Waals surface area contributed by atoms with E-state index in [-0.39, 0.29) is 6.04 Å². The van der Waals surface area contributed by atoms with Crippen molar-refractivity contribution in [3.63, 3.8) is 0 Å². The van der Waals surface area contributed by atoms with Crippen LogP contribution in [0.3, 0.4) is 0 Å². The van der Waals surface area contributed by atoms with Gasteiger partial charge < -0.3 is 5.32 Å². The van der Waals surface area contributed by atoms with Gasteiger partial charge in [0.15, 0.2) is 0 Å². The van der Waals surface area contributed by atoms with Crippen molar-refractivity contribution < 1.29 is 0 Å². The second kappa shape index (κ2) is 4.31. The van der Waals surface area contributed by atoms with Crippen LogP contribution >= 0.6 is 11.8 Å². The Kier molecular flexibility index (Phi) is 3.08. The fourth-order valence-electron chi connectivity index (χ4n) is 1.77. The third kappa shape index (κ3) is 2.09. The molecule has 0 amide bonds. The highest BCUT2D eigenvalue weighted by Gasteiger charge is 2.25. The summed E-state index contributed by atoms with van der Waals surface area (Å²) in [7, 11) is 0. The van der Waals surface area contributed by atoms with E-state index in [9.17, 15) is 0 Å². The lowest BCUT2D eigenvalue weighted by atomic mass is 10.1. The molecular weight excluding hydrogens is 196 g/mol. The van der Waals surface area contributed by atoms with Crippen molar-refractivity contribution in [2.75, 3.05) is 5.75 Å². The third-order valence-corrected chi connectivity index (χ3v) is 4.01. The fraction of sp³-hybridized carbons (Fsp3) is 0.778. The van der Waals surface area contributed by atoms with Crippen LogP contribution in [-0.2, 0) is 0 Å². The van der Waals surface area contributed by atoms with Gasteiger partial charge in [-0.25, -0.2) is 4.98 Å². The summed E-state index contributed by atoms with van der Waals surface area (Å²) in [6, 6.07) is 0.878. The van der Waals surface area contributed by atoms with Crippen molar-refractivity contribution >= 4 is 11.8 Å². The van der Waals surface area contributed by atoms with Crippen molar-refractivity contribution in [2.24, 2.45) is 0 Å². The Morgan fingerprint density at radius 1 is 1.71 bits per heavy atom. The molecule has 4 nitrogen and oxygen atoms in total. The molecule has 0 bridgehead atoms. The summed E-state index contributed by atoms with van der Waals surface area (Å²) in [6.45, 7) is 4.40. The molecule has 2 rings (SSSR count). The molecule has 2 heterocycles. The van der Waals surface area contributed by atoms with Gasteiger partial charge in [0.1, 0.15) is 12.2 Å².